The summed E-state index contributed by atoms with van der Waals surface area (Å²) < 4.78 is 1.00. The predicted molar refractivity (Wildman–Crippen MR) is 68.7 cm³/mol. The Balaban J connectivity index is 2.03. The van der Waals surface area contributed by atoms with Gasteiger partial charge in [-0.25, -0.2) is 0 Å². The van der Waals surface area contributed by atoms with Gasteiger partial charge in [-0.2, -0.15) is 0 Å². The quantitative estimate of drug-likeness (QED) is 0.877. The first-order chi connectivity index (χ1) is 8.06. The van der Waals surface area contributed by atoms with Crippen molar-refractivity contribution in [2.75, 3.05) is 5.32 Å². The zero-order valence-electron chi connectivity index (χ0n) is 9.42. The first kappa shape index (κ1) is 12.1. The average molecular weight is 297 g/mol. The average Bonchev–Trinajstić information content (AvgIpc) is 2.70. The van der Waals surface area contributed by atoms with Crippen LogP contribution in [0, 0.1) is 6.92 Å². The third kappa shape index (κ3) is 2.85. The molecule has 1 aliphatic rings. The van der Waals surface area contributed by atoms with Gasteiger partial charge in [0.2, 0.25) is 11.8 Å². The number of nitrogens with one attached hydrogen (secondary N) is 2. The number of halogens is 1. The molecule has 4 nitrogen and oxygen atoms in total. The highest BCUT2D eigenvalue weighted by Crippen LogP contribution is 2.20. The Morgan fingerprint density at radius 2 is 2.29 bits per heavy atom. The number of aryl methyl sites for hydroxylation is 1. The van der Waals surface area contributed by atoms with E-state index in [1.54, 1.807) is 0 Å². The van der Waals surface area contributed by atoms with E-state index in [4.69, 9.17) is 0 Å². The van der Waals surface area contributed by atoms with Crippen LogP contribution in [0.3, 0.4) is 0 Å². The molecule has 2 amide bonds. The highest BCUT2D eigenvalue weighted by molar-refractivity contribution is 9.10. The maximum absolute atomic E-state index is 11.8. The molecule has 0 spiro atoms. The Kier molecular flexibility index (Phi) is 3.47. The number of rotatable bonds is 2. The molecule has 1 aromatic carbocycles. The predicted octanol–water partition coefficient (Wildman–Crippen LogP) is 1.97. The normalized spacial score (nSPS) is 18.9. The van der Waals surface area contributed by atoms with E-state index in [2.05, 4.69) is 26.6 Å². The van der Waals surface area contributed by atoms with E-state index in [0.717, 1.165) is 15.7 Å². The Hall–Kier alpha value is -1.36. The summed E-state index contributed by atoms with van der Waals surface area (Å²) in [4.78, 5) is 22.8. The van der Waals surface area contributed by atoms with Crippen LogP contribution in [-0.2, 0) is 9.59 Å². The van der Waals surface area contributed by atoms with Crippen molar-refractivity contribution in [3.05, 3.63) is 28.2 Å². The SMILES string of the molecule is Cc1cc(NC(=O)[C@@H]2CCC(=O)N2)ccc1Br. The molecule has 0 aromatic heterocycles. The van der Waals surface area contributed by atoms with Gasteiger partial charge in [-0.05, 0) is 37.1 Å². The fourth-order valence-corrected chi connectivity index (χ4v) is 2.01. The Morgan fingerprint density at radius 3 is 2.88 bits per heavy atom. The van der Waals surface area contributed by atoms with Gasteiger partial charge in [0.15, 0.2) is 0 Å². The second kappa shape index (κ2) is 4.87. The van der Waals surface area contributed by atoms with Gasteiger partial charge in [0.1, 0.15) is 6.04 Å². The standard InChI is InChI=1S/C12H13BrN2O2/c1-7-6-8(2-3-9(7)13)14-12(17)10-4-5-11(16)15-10/h2-3,6,10H,4-5H2,1H3,(H,14,17)(H,15,16)/t10-/m0/s1. The summed E-state index contributed by atoms with van der Waals surface area (Å²) in [5.74, 6) is -0.213. The molecule has 2 N–H and O–H groups in total. The fourth-order valence-electron chi connectivity index (χ4n) is 1.76. The van der Waals surface area contributed by atoms with E-state index in [1.165, 1.54) is 0 Å². The Labute approximate surface area is 108 Å². The smallest absolute Gasteiger partial charge is 0.246 e. The summed E-state index contributed by atoms with van der Waals surface area (Å²) in [7, 11) is 0. The zero-order valence-corrected chi connectivity index (χ0v) is 11.0. The van der Waals surface area contributed by atoms with Gasteiger partial charge in [-0.3, -0.25) is 9.59 Å². The van der Waals surface area contributed by atoms with Crippen LogP contribution in [0.1, 0.15) is 18.4 Å². The number of hydrogen-bond acceptors (Lipinski definition) is 2. The van der Waals surface area contributed by atoms with Crippen molar-refractivity contribution in [3.8, 4) is 0 Å². The van der Waals surface area contributed by atoms with Crippen LogP contribution in [0.4, 0.5) is 5.69 Å². The highest BCUT2D eigenvalue weighted by atomic mass is 79.9. The number of anilines is 1. The molecule has 90 valence electrons. The number of carbonyl (C=O) groups is 2. The van der Waals surface area contributed by atoms with Gasteiger partial charge < -0.3 is 10.6 Å². The molecule has 1 aromatic rings. The minimum Gasteiger partial charge on any atom is -0.344 e. The minimum atomic E-state index is -0.397. The molecule has 2 rings (SSSR count). The molecule has 0 radical (unpaired) electrons. The Bertz CT molecular complexity index is 474. The molecular weight excluding hydrogens is 284 g/mol. The summed E-state index contributed by atoms with van der Waals surface area (Å²) >= 11 is 3.40. The summed E-state index contributed by atoms with van der Waals surface area (Å²) in [5, 5.41) is 5.44. The lowest BCUT2D eigenvalue weighted by molar-refractivity contribution is -0.122. The lowest BCUT2D eigenvalue weighted by Crippen LogP contribution is -2.37. The molecule has 1 heterocycles. The van der Waals surface area contributed by atoms with Crippen molar-refractivity contribution < 1.29 is 9.59 Å². The van der Waals surface area contributed by atoms with E-state index in [-0.39, 0.29) is 11.8 Å². The fraction of sp³-hybridized carbons (Fsp3) is 0.333. The topological polar surface area (TPSA) is 58.2 Å². The van der Waals surface area contributed by atoms with Gasteiger partial charge >= 0.3 is 0 Å². The number of carbonyl (C=O) groups excluding carboxylic acids is 2. The van der Waals surface area contributed by atoms with Gasteiger partial charge in [-0.1, -0.05) is 15.9 Å². The minimum absolute atomic E-state index is 0.0582. The number of benzene rings is 1. The second-order valence-corrected chi connectivity index (χ2v) is 4.97. The van der Waals surface area contributed by atoms with Gasteiger partial charge in [0, 0.05) is 16.6 Å². The maximum Gasteiger partial charge on any atom is 0.246 e. The van der Waals surface area contributed by atoms with Crippen molar-refractivity contribution in [1.29, 1.82) is 0 Å². The van der Waals surface area contributed by atoms with Crippen LogP contribution in [0.15, 0.2) is 22.7 Å². The third-order valence-corrected chi connectivity index (χ3v) is 3.63. The number of hydrogen-bond donors (Lipinski definition) is 2. The second-order valence-electron chi connectivity index (χ2n) is 4.11. The van der Waals surface area contributed by atoms with Crippen LogP contribution >= 0.6 is 15.9 Å². The molecule has 17 heavy (non-hydrogen) atoms. The molecule has 0 aliphatic carbocycles. The molecule has 0 unspecified atom stereocenters. The van der Waals surface area contributed by atoms with E-state index in [1.807, 2.05) is 25.1 Å². The molecule has 0 bridgehead atoms. The van der Waals surface area contributed by atoms with Gasteiger partial charge in [0.05, 0.1) is 0 Å². The molecule has 1 fully saturated rings. The van der Waals surface area contributed by atoms with Crippen molar-refractivity contribution >= 4 is 33.4 Å². The zero-order chi connectivity index (χ0) is 12.4. The van der Waals surface area contributed by atoms with Gasteiger partial charge in [0.25, 0.3) is 0 Å². The molecular formula is C12H13BrN2O2. The summed E-state index contributed by atoms with van der Waals surface area (Å²) in [5.41, 5.74) is 1.80. The maximum atomic E-state index is 11.8. The van der Waals surface area contributed by atoms with E-state index in [0.29, 0.717) is 12.8 Å². The lowest BCUT2D eigenvalue weighted by atomic mass is 10.2. The van der Waals surface area contributed by atoms with Crippen LogP contribution in [-0.4, -0.2) is 17.9 Å². The first-order valence-corrected chi connectivity index (χ1v) is 6.22. The van der Waals surface area contributed by atoms with Crippen molar-refractivity contribution in [2.45, 2.75) is 25.8 Å². The molecule has 5 heteroatoms. The Morgan fingerprint density at radius 1 is 1.53 bits per heavy atom. The van der Waals surface area contributed by atoms with Crippen LogP contribution < -0.4 is 10.6 Å². The van der Waals surface area contributed by atoms with Crippen molar-refractivity contribution in [3.63, 3.8) is 0 Å². The van der Waals surface area contributed by atoms with Crippen molar-refractivity contribution in [1.82, 2.24) is 5.32 Å². The summed E-state index contributed by atoms with van der Waals surface area (Å²) in [6, 6.07) is 5.20. The van der Waals surface area contributed by atoms with Crippen molar-refractivity contribution in [2.24, 2.45) is 0 Å². The lowest BCUT2D eigenvalue weighted by Gasteiger charge is -2.11. The molecule has 1 saturated heterocycles. The van der Waals surface area contributed by atoms with E-state index in [9.17, 15) is 9.59 Å². The van der Waals surface area contributed by atoms with E-state index < -0.39 is 6.04 Å². The van der Waals surface area contributed by atoms with E-state index >= 15 is 0 Å². The monoisotopic (exact) mass is 296 g/mol. The largest absolute Gasteiger partial charge is 0.344 e. The van der Waals surface area contributed by atoms with Crippen LogP contribution in [0.5, 0.6) is 0 Å². The molecule has 1 aliphatic heterocycles. The summed E-state index contributed by atoms with van der Waals surface area (Å²) in [6.07, 6.45) is 0.998. The molecule has 1 atom stereocenters. The highest BCUT2D eigenvalue weighted by Gasteiger charge is 2.27. The van der Waals surface area contributed by atoms with Crippen LogP contribution in [0.25, 0.3) is 0 Å². The summed E-state index contributed by atoms with van der Waals surface area (Å²) in [6.45, 7) is 1.96. The molecule has 0 saturated carbocycles. The number of amides is 2. The third-order valence-electron chi connectivity index (χ3n) is 2.74. The first-order valence-electron chi connectivity index (χ1n) is 5.42. The van der Waals surface area contributed by atoms with Gasteiger partial charge in [-0.15, -0.1) is 0 Å². The van der Waals surface area contributed by atoms with Crippen LogP contribution in [0.2, 0.25) is 0 Å².